The number of para-hydroxylation sites is 1. The van der Waals surface area contributed by atoms with Crippen molar-refractivity contribution in [1.82, 2.24) is 14.5 Å². The van der Waals surface area contributed by atoms with Crippen LogP contribution in [0.1, 0.15) is 54.5 Å². The number of aromatic nitrogens is 2. The van der Waals surface area contributed by atoms with Crippen molar-refractivity contribution in [3.8, 4) is 0 Å². The van der Waals surface area contributed by atoms with Gasteiger partial charge in [0.15, 0.2) is 5.16 Å². The van der Waals surface area contributed by atoms with Crippen molar-refractivity contribution in [2.24, 2.45) is 0 Å². The molecule has 1 heterocycles. The minimum Gasteiger partial charge on any atom is -0.337 e. The smallest absolute Gasteiger partial charge is 0.262 e. The van der Waals surface area contributed by atoms with Crippen molar-refractivity contribution in [2.45, 2.75) is 77.0 Å². The Bertz CT molecular complexity index is 835. The molecule has 0 fully saturated rings. The molecule has 0 aliphatic heterocycles. The zero-order chi connectivity index (χ0) is 19.6. The van der Waals surface area contributed by atoms with Crippen LogP contribution in [0.25, 0.3) is 10.9 Å². The number of rotatable bonds is 6. The van der Waals surface area contributed by atoms with E-state index in [9.17, 15) is 9.59 Å². The van der Waals surface area contributed by atoms with Gasteiger partial charge >= 0.3 is 0 Å². The normalized spacial score (nSPS) is 13.0. The fraction of sp³-hybridized carbons (Fsp3) is 0.550. The Kier molecular flexibility index (Phi) is 6.50. The molecule has 0 N–H and O–H groups in total. The van der Waals surface area contributed by atoms with Crippen LogP contribution in [0, 0.1) is 0 Å². The first kappa shape index (κ1) is 20.5. The molecule has 0 saturated carbocycles. The summed E-state index contributed by atoms with van der Waals surface area (Å²) in [6.45, 7) is 13.9. The van der Waals surface area contributed by atoms with Crippen molar-refractivity contribution in [3.63, 3.8) is 0 Å². The Morgan fingerprint density at radius 1 is 1.04 bits per heavy atom. The third kappa shape index (κ3) is 4.11. The van der Waals surface area contributed by atoms with Crippen LogP contribution in [0.15, 0.2) is 34.2 Å². The molecule has 26 heavy (non-hydrogen) atoms. The predicted octanol–water partition coefficient (Wildman–Crippen LogP) is 4.10. The number of carbonyl (C=O) groups is 1. The standard InChI is InChI=1S/C20H29N3O2S/c1-12(2)22(13(3)4)18(24)15(7)26-20-21-17-11-9-8-10-16(17)19(25)23(20)14(5)6/h8-15H,1-7H3/t15-/m0/s1. The van der Waals surface area contributed by atoms with Crippen LogP contribution >= 0.6 is 11.8 Å². The van der Waals surface area contributed by atoms with Crippen molar-refractivity contribution >= 4 is 28.6 Å². The van der Waals surface area contributed by atoms with Gasteiger partial charge in [0.05, 0.1) is 16.2 Å². The molecular weight excluding hydrogens is 346 g/mol. The number of hydrogen-bond acceptors (Lipinski definition) is 4. The SMILES string of the molecule is CC(C)N(C(=O)[C@H](C)Sc1nc2ccccc2c(=O)n1C(C)C)C(C)C. The molecular formula is C20H29N3O2S. The zero-order valence-corrected chi connectivity index (χ0v) is 17.5. The Morgan fingerprint density at radius 3 is 2.15 bits per heavy atom. The fourth-order valence-corrected chi connectivity index (χ4v) is 4.28. The molecule has 0 aliphatic carbocycles. The maximum atomic E-state index is 13.0. The number of nitrogens with zero attached hydrogens (tertiary/aromatic N) is 3. The number of thioether (sulfide) groups is 1. The second-order valence-corrected chi connectivity index (χ2v) is 8.68. The summed E-state index contributed by atoms with van der Waals surface area (Å²) in [5.74, 6) is 0.0673. The maximum absolute atomic E-state index is 13.0. The van der Waals surface area contributed by atoms with Gasteiger partial charge in [0.25, 0.3) is 5.56 Å². The number of benzene rings is 1. The largest absolute Gasteiger partial charge is 0.337 e. The summed E-state index contributed by atoms with van der Waals surface area (Å²) >= 11 is 1.36. The summed E-state index contributed by atoms with van der Waals surface area (Å²) in [5.41, 5.74) is 0.610. The molecule has 1 aromatic heterocycles. The monoisotopic (exact) mass is 375 g/mol. The van der Waals surface area contributed by atoms with Gasteiger partial charge < -0.3 is 4.90 Å². The molecule has 0 bridgehead atoms. The van der Waals surface area contributed by atoms with E-state index < -0.39 is 0 Å². The topological polar surface area (TPSA) is 55.2 Å². The number of amides is 1. The lowest BCUT2D eigenvalue weighted by Gasteiger charge is -2.33. The van der Waals surface area contributed by atoms with E-state index >= 15 is 0 Å². The first-order valence-electron chi connectivity index (χ1n) is 9.15. The van der Waals surface area contributed by atoms with Crippen molar-refractivity contribution in [3.05, 3.63) is 34.6 Å². The van der Waals surface area contributed by atoms with E-state index in [1.807, 2.05) is 71.6 Å². The van der Waals surface area contributed by atoms with Crippen LogP contribution in [-0.2, 0) is 4.79 Å². The third-order valence-electron chi connectivity index (χ3n) is 4.29. The Morgan fingerprint density at radius 2 is 1.62 bits per heavy atom. The lowest BCUT2D eigenvalue weighted by molar-refractivity contribution is -0.133. The highest BCUT2D eigenvalue weighted by Gasteiger charge is 2.27. The van der Waals surface area contributed by atoms with E-state index in [0.717, 1.165) is 0 Å². The molecule has 0 saturated heterocycles. The van der Waals surface area contributed by atoms with Crippen LogP contribution in [0.3, 0.4) is 0 Å². The highest BCUT2D eigenvalue weighted by Crippen LogP contribution is 2.26. The average molecular weight is 376 g/mol. The van der Waals surface area contributed by atoms with E-state index in [1.54, 1.807) is 10.6 Å². The molecule has 1 atom stereocenters. The van der Waals surface area contributed by atoms with Gasteiger partial charge in [-0.3, -0.25) is 14.2 Å². The minimum absolute atomic E-state index is 0.0318. The van der Waals surface area contributed by atoms with Crippen LogP contribution in [0.2, 0.25) is 0 Å². The van der Waals surface area contributed by atoms with E-state index in [-0.39, 0.29) is 34.8 Å². The summed E-state index contributed by atoms with van der Waals surface area (Å²) in [5, 5.41) is 0.880. The molecule has 1 amide bonds. The van der Waals surface area contributed by atoms with Crippen LogP contribution in [-0.4, -0.2) is 37.7 Å². The Balaban J connectivity index is 2.45. The quantitative estimate of drug-likeness (QED) is 0.563. The second-order valence-electron chi connectivity index (χ2n) is 7.37. The first-order chi connectivity index (χ1) is 12.1. The summed E-state index contributed by atoms with van der Waals surface area (Å²) < 4.78 is 1.69. The summed E-state index contributed by atoms with van der Waals surface area (Å²) in [6, 6.07) is 7.58. The van der Waals surface area contributed by atoms with Gasteiger partial charge in [0.2, 0.25) is 5.91 Å². The molecule has 0 unspecified atom stereocenters. The molecule has 2 aromatic rings. The molecule has 5 nitrogen and oxygen atoms in total. The third-order valence-corrected chi connectivity index (χ3v) is 5.34. The zero-order valence-electron chi connectivity index (χ0n) is 16.7. The van der Waals surface area contributed by atoms with Crippen molar-refractivity contribution in [2.75, 3.05) is 0 Å². The molecule has 0 aliphatic rings. The lowest BCUT2D eigenvalue weighted by atomic mass is 10.2. The minimum atomic E-state index is -0.321. The number of hydrogen-bond donors (Lipinski definition) is 0. The van der Waals surface area contributed by atoms with Gasteiger partial charge in [-0.1, -0.05) is 23.9 Å². The van der Waals surface area contributed by atoms with Crippen molar-refractivity contribution in [1.29, 1.82) is 0 Å². The molecule has 6 heteroatoms. The van der Waals surface area contributed by atoms with Crippen LogP contribution in [0.4, 0.5) is 0 Å². The molecule has 2 rings (SSSR count). The van der Waals surface area contributed by atoms with Gasteiger partial charge in [-0.05, 0) is 60.6 Å². The van der Waals surface area contributed by atoms with Crippen molar-refractivity contribution < 1.29 is 4.79 Å². The Labute approximate surface area is 159 Å². The maximum Gasteiger partial charge on any atom is 0.262 e. The van der Waals surface area contributed by atoms with Gasteiger partial charge in [0.1, 0.15) is 0 Å². The predicted molar refractivity (Wildman–Crippen MR) is 109 cm³/mol. The highest BCUT2D eigenvalue weighted by atomic mass is 32.2. The Hall–Kier alpha value is -1.82. The average Bonchev–Trinajstić information content (AvgIpc) is 2.53. The lowest BCUT2D eigenvalue weighted by Crippen LogP contribution is -2.45. The number of fused-ring (bicyclic) bond motifs is 1. The van der Waals surface area contributed by atoms with Crippen LogP contribution < -0.4 is 5.56 Å². The molecule has 142 valence electrons. The molecule has 0 radical (unpaired) electrons. The summed E-state index contributed by atoms with van der Waals surface area (Å²) in [4.78, 5) is 32.4. The fourth-order valence-electron chi connectivity index (χ4n) is 3.19. The van der Waals surface area contributed by atoms with Crippen LogP contribution in [0.5, 0.6) is 0 Å². The van der Waals surface area contributed by atoms with E-state index in [0.29, 0.717) is 16.1 Å². The summed E-state index contributed by atoms with van der Waals surface area (Å²) in [6.07, 6.45) is 0. The van der Waals surface area contributed by atoms with E-state index in [1.165, 1.54) is 11.8 Å². The van der Waals surface area contributed by atoms with E-state index in [2.05, 4.69) is 4.98 Å². The highest BCUT2D eigenvalue weighted by molar-refractivity contribution is 8.00. The molecule has 0 spiro atoms. The molecule has 1 aromatic carbocycles. The first-order valence-corrected chi connectivity index (χ1v) is 10.0. The van der Waals surface area contributed by atoms with E-state index in [4.69, 9.17) is 0 Å². The van der Waals surface area contributed by atoms with Gasteiger partial charge in [0, 0.05) is 18.1 Å². The van der Waals surface area contributed by atoms with Gasteiger partial charge in [-0.2, -0.15) is 0 Å². The second kappa shape index (κ2) is 8.25. The van der Waals surface area contributed by atoms with Gasteiger partial charge in [-0.25, -0.2) is 4.98 Å². The van der Waals surface area contributed by atoms with Gasteiger partial charge in [-0.15, -0.1) is 0 Å². The number of carbonyl (C=O) groups excluding carboxylic acids is 1. The summed E-state index contributed by atoms with van der Waals surface area (Å²) in [7, 11) is 0.